The standard InChI is InChI=1S/C33H35NO4/c1-34(2)22-7-21-33(37,29-8-4-3-5-9-29)30-10-6-11-31(24-30)38-23-20-25-12-14-26(15-13-25)27-16-18-28(19-17-27)32(35)36/h3-6,8-19,24,37H,7,20-23H2,1-2H3,(H,35,36)/t33-/m0/s1. The fourth-order valence-corrected chi connectivity index (χ4v) is 4.62. The van der Waals surface area contributed by atoms with Gasteiger partial charge in [-0.1, -0.05) is 78.9 Å². The van der Waals surface area contributed by atoms with E-state index in [2.05, 4.69) is 17.0 Å². The number of hydrogen-bond donors (Lipinski definition) is 2. The number of benzene rings is 4. The number of aliphatic hydroxyl groups is 1. The highest BCUT2D eigenvalue weighted by molar-refractivity contribution is 5.88. The third-order valence-corrected chi connectivity index (χ3v) is 6.79. The van der Waals surface area contributed by atoms with Crippen LogP contribution < -0.4 is 4.74 Å². The monoisotopic (exact) mass is 509 g/mol. The Labute approximate surface area is 225 Å². The number of aromatic carboxylic acids is 1. The van der Waals surface area contributed by atoms with Crippen molar-refractivity contribution in [3.8, 4) is 16.9 Å². The van der Waals surface area contributed by atoms with Crippen molar-refractivity contribution >= 4 is 5.97 Å². The zero-order valence-corrected chi connectivity index (χ0v) is 22.0. The maximum atomic E-state index is 11.9. The summed E-state index contributed by atoms with van der Waals surface area (Å²) in [6.07, 6.45) is 2.22. The number of carboxylic acids is 1. The quantitative estimate of drug-likeness (QED) is 0.236. The van der Waals surface area contributed by atoms with Gasteiger partial charge >= 0.3 is 5.97 Å². The van der Waals surface area contributed by atoms with E-state index in [1.54, 1.807) is 12.1 Å². The summed E-state index contributed by atoms with van der Waals surface area (Å²) in [4.78, 5) is 13.2. The van der Waals surface area contributed by atoms with Crippen LogP contribution in [0.4, 0.5) is 0 Å². The number of hydrogen-bond acceptors (Lipinski definition) is 4. The van der Waals surface area contributed by atoms with Crippen LogP contribution in [-0.2, 0) is 12.0 Å². The van der Waals surface area contributed by atoms with Gasteiger partial charge < -0.3 is 19.8 Å². The molecule has 4 aromatic carbocycles. The fraction of sp³-hybridized carbons (Fsp3) is 0.242. The van der Waals surface area contributed by atoms with Crippen molar-refractivity contribution in [1.82, 2.24) is 4.90 Å². The van der Waals surface area contributed by atoms with Gasteiger partial charge in [-0.25, -0.2) is 4.79 Å². The lowest BCUT2D eigenvalue weighted by Crippen LogP contribution is -2.29. The molecule has 0 bridgehead atoms. The molecular formula is C33H35NO4. The van der Waals surface area contributed by atoms with Crippen LogP contribution in [0.1, 0.15) is 39.9 Å². The Morgan fingerprint density at radius 3 is 2.08 bits per heavy atom. The van der Waals surface area contributed by atoms with E-state index in [0.717, 1.165) is 53.0 Å². The van der Waals surface area contributed by atoms with Crippen LogP contribution in [0, 0.1) is 0 Å². The minimum atomic E-state index is -1.09. The minimum Gasteiger partial charge on any atom is -0.493 e. The summed E-state index contributed by atoms with van der Waals surface area (Å²) in [5, 5.41) is 20.9. The Morgan fingerprint density at radius 1 is 0.816 bits per heavy atom. The third-order valence-electron chi connectivity index (χ3n) is 6.79. The van der Waals surface area contributed by atoms with Gasteiger partial charge in [0.15, 0.2) is 0 Å². The lowest BCUT2D eigenvalue weighted by atomic mass is 9.82. The average molecular weight is 510 g/mol. The van der Waals surface area contributed by atoms with Crippen molar-refractivity contribution in [3.05, 3.63) is 125 Å². The predicted octanol–water partition coefficient (Wildman–Crippen LogP) is 6.25. The predicted molar refractivity (Wildman–Crippen MR) is 152 cm³/mol. The first-order chi connectivity index (χ1) is 18.3. The van der Waals surface area contributed by atoms with Gasteiger partial charge in [-0.15, -0.1) is 0 Å². The minimum absolute atomic E-state index is 0.280. The molecule has 0 unspecified atom stereocenters. The molecular weight excluding hydrogens is 474 g/mol. The van der Waals surface area contributed by atoms with Crippen molar-refractivity contribution in [1.29, 1.82) is 0 Å². The Balaban J connectivity index is 1.40. The number of ether oxygens (including phenoxy) is 1. The van der Waals surface area contributed by atoms with Crippen LogP contribution in [0.2, 0.25) is 0 Å². The van der Waals surface area contributed by atoms with Gasteiger partial charge in [-0.05, 0) is 85.6 Å². The molecule has 196 valence electrons. The van der Waals surface area contributed by atoms with E-state index in [9.17, 15) is 9.90 Å². The second-order valence-electron chi connectivity index (χ2n) is 9.84. The van der Waals surface area contributed by atoms with Gasteiger partial charge in [-0.3, -0.25) is 0 Å². The molecule has 0 aliphatic heterocycles. The van der Waals surface area contributed by atoms with Crippen LogP contribution >= 0.6 is 0 Å². The van der Waals surface area contributed by atoms with Crippen LogP contribution in [0.15, 0.2) is 103 Å². The summed E-state index contributed by atoms with van der Waals surface area (Å²) in [6.45, 7) is 1.41. The molecule has 4 rings (SSSR count). The van der Waals surface area contributed by atoms with E-state index in [1.165, 1.54) is 0 Å². The van der Waals surface area contributed by atoms with Crippen LogP contribution in [-0.4, -0.2) is 48.3 Å². The van der Waals surface area contributed by atoms with E-state index in [-0.39, 0.29) is 5.56 Å². The van der Waals surface area contributed by atoms with Gasteiger partial charge in [0, 0.05) is 6.42 Å². The largest absolute Gasteiger partial charge is 0.493 e. The first-order valence-corrected chi connectivity index (χ1v) is 12.9. The molecule has 0 saturated carbocycles. The molecule has 1 atom stereocenters. The second-order valence-corrected chi connectivity index (χ2v) is 9.84. The first-order valence-electron chi connectivity index (χ1n) is 12.9. The molecule has 5 nitrogen and oxygen atoms in total. The zero-order chi connectivity index (χ0) is 27.0. The number of carbonyl (C=O) groups is 1. The summed E-state index contributed by atoms with van der Waals surface area (Å²) in [7, 11) is 4.09. The molecule has 0 radical (unpaired) electrons. The van der Waals surface area contributed by atoms with Crippen LogP contribution in [0.5, 0.6) is 5.75 Å². The normalized spacial score (nSPS) is 12.7. The Morgan fingerprint density at radius 2 is 1.45 bits per heavy atom. The molecule has 0 aromatic heterocycles. The summed E-state index contributed by atoms with van der Waals surface area (Å²) in [6, 6.07) is 32.7. The molecule has 4 aromatic rings. The highest BCUT2D eigenvalue weighted by atomic mass is 16.5. The van der Waals surface area contributed by atoms with Crippen molar-refractivity contribution in [2.75, 3.05) is 27.2 Å². The summed E-state index contributed by atoms with van der Waals surface area (Å²) < 4.78 is 6.10. The SMILES string of the molecule is CN(C)CCC[C@](O)(c1ccccc1)c1cccc(OCCc2ccc(-c3ccc(C(=O)O)cc3)cc2)c1. The zero-order valence-electron chi connectivity index (χ0n) is 22.0. The van der Waals surface area contributed by atoms with E-state index in [4.69, 9.17) is 9.84 Å². The Hall–Kier alpha value is -3.93. The fourth-order valence-electron chi connectivity index (χ4n) is 4.62. The second kappa shape index (κ2) is 12.5. The third kappa shape index (κ3) is 6.88. The number of carboxylic acid groups (broad SMARTS) is 1. The molecule has 0 saturated heterocycles. The van der Waals surface area contributed by atoms with Crippen molar-refractivity contribution in [3.63, 3.8) is 0 Å². The summed E-state index contributed by atoms with van der Waals surface area (Å²) in [5.41, 5.74) is 4.07. The smallest absolute Gasteiger partial charge is 0.335 e. The molecule has 0 amide bonds. The Kier molecular flexibility index (Phi) is 8.95. The molecule has 38 heavy (non-hydrogen) atoms. The van der Waals surface area contributed by atoms with E-state index >= 15 is 0 Å². The van der Waals surface area contributed by atoms with Gasteiger partial charge in [0.05, 0.1) is 12.2 Å². The van der Waals surface area contributed by atoms with E-state index < -0.39 is 11.6 Å². The molecule has 0 aliphatic rings. The lowest BCUT2D eigenvalue weighted by molar-refractivity contribution is 0.0661. The topological polar surface area (TPSA) is 70.0 Å². The van der Waals surface area contributed by atoms with E-state index in [0.29, 0.717) is 13.0 Å². The van der Waals surface area contributed by atoms with Crippen LogP contribution in [0.3, 0.4) is 0 Å². The van der Waals surface area contributed by atoms with Crippen LogP contribution in [0.25, 0.3) is 11.1 Å². The van der Waals surface area contributed by atoms with Crippen molar-refractivity contribution in [2.24, 2.45) is 0 Å². The molecule has 2 N–H and O–H groups in total. The van der Waals surface area contributed by atoms with Gasteiger partial charge in [0.25, 0.3) is 0 Å². The average Bonchev–Trinajstić information content (AvgIpc) is 2.94. The van der Waals surface area contributed by atoms with Crippen molar-refractivity contribution in [2.45, 2.75) is 24.9 Å². The first kappa shape index (κ1) is 27.1. The van der Waals surface area contributed by atoms with Crippen molar-refractivity contribution < 1.29 is 19.7 Å². The Bertz CT molecular complexity index is 1320. The molecule has 5 heteroatoms. The summed E-state index contributed by atoms with van der Waals surface area (Å²) in [5.74, 6) is -0.189. The molecule has 0 heterocycles. The van der Waals surface area contributed by atoms with E-state index in [1.807, 2.05) is 93.0 Å². The maximum absolute atomic E-state index is 11.9. The van der Waals surface area contributed by atoms with Gasteiger partial charge in [-0.2, -0.15) is 0 Å². The highest BCUT2D eigenvalue weighted by Gasteiger charge is 2.31. The summed E-state index contributed by atoms with van der Waals surface area (Å²) >= 11 is 0. The maximum Gasteiger partial charge on any atom is 0.335 e. The molecule has 0 aliphatic carbocycles. The molecule has 0 fully saturated rings. The van der Waals surface area contributed by atoms with Gasteiger partial charge in [0.1, 0.15) is 11.4 Å². The highest BCUT2D eigenvalue weighted by Crippen LogP contribution is 2.35. The lowest BCUT2D eigenvalue weighted by Gasteiger charge is -2.30. The van der Waals surface area contributed by atoms with Gasteiger partial charge in [0.2, 0.25) is 0 Å². The number of nitrogens with zero attached hydrogens (tertiary/aromatic N) is 1. The number of rotatable bonds is 12. The molecule has 0 spiro atoms.